The first kappa shape index (κ1) is 18.0. The zero-order valence-electron chi connectivity index (χ0n) is 12.5. The van der Waals surface area contributed by atoms with Gasteiger partial charge in [-0.15, -0.1) is 0 Å². The van der Waals surface area contributed by atoms with Crippen LogP contribution in [0.15, 0.2) is 18.2 Å². The van der Waals surface area contributed by atoms with Crippen molar-refractivity contribution in [3.05, 3.63) is 35.1 Å². The summed E-state index contributed by atoms with van der Waals surface area (Å²) >= 11 is 0. The van der Waals surface area contributed by atoms with Gasteiger partial charge in [0.15, 0.2) is 0 Å². The minimum Gasteiger partial charge on any atom is -0.324 e. The second kappa shape index (κ2) is 7.78. The van der Waals surface area contributed by atoms with Gasteiger partial charge in [-0.3, -0.25) is 0 Å². The number of hydrogen-bond acceptors (Lipinski definition) is 1. The van der Waals surface area contributed by atoms with E-state index < -0.39 is 23.6 Å². The van der Waals surface area contributed by atoms with E-state index in [1.54, 1.807) is 0 Å². The highest BCUT2D eigenvalue weighted by Crippen LogP contribution is 2.35. The zero-order chi connectivity index (χ0) is 16.0. The summed E-state index contributed by atoms with van der Waals surface area (Å²) in [6, 6.07) is 2.62. The minimum atomic E-state index is -4.69. The van der Waals surface area contributed by atoms with Crippen molar-refractivity contribution in [3.63, 3.8) is 0 Å². The Labute approximate surface area is 123 Å². The number of hydrogen-bond donors (Lipinski definition) is 1. The van der Waals surface area contributed by atoms with Gasteiger partial charge in [-0.2, -0.15) is 13.2 Å². The molecule has 0 aliphatic carbocycles. The summed E-state index contributed by atoms with van der Waals surface area (Å²) in [4.78, 5) is 0. The molecule has 0 aliphatic heterocycles. The van der Waals surface area contributed by atoms with Gasteiger partial charge in [0.1, 0.15) is 5.82 Å². The van der Waals surface area contributed by atoms with E-state index >= 15 is 0 Å². The van der Waals surface area contributed by atoms with Crippen molar-refractivity contribution >= 4 is 0 Å². The van der Waals surface area contributed by atoms with Crippen LogP contribution in [0.4, 0.5) is 17.6 Å². The third-order valence-electron chi connectivity index (χ3n) is 3.86. The van der Waals surface area contributed by atoms with Crippen LogP contribution in [0.5, 0.6) is 0 Å². The third kappa shape index (κ3) is 4.99. The van der Waals surface area contributed by atoms with Crippen LogP contribution < -0.4 is 5.73 Å². The Hall–Kier alpha value is -1.10. The van der Waals surface area contributed by atoms with Gasteiger partial charge in [-0.1, -0.05) is 51.7 Å². The van der Waals surface area contributed by atoms with E-state index in [-0.39, 0.29) is 5.56 Å². The molecule has 0 spiro atoms. The van der Waals surface area contributed by atoms with Crippen LogP contribution in [0, 0.1) is 11.7 Å². The minimum absolute atomic E-state index is 0.0419. The molecule has 5 heteroatoms. The summed E-state index contributed by atoms with van der Waals surface area (Å²) in [5, 5.41) is 0. The van der Waals surface area contributed by atoms with Gasteiger partial charge in [0, 0.05) is 11.6 Å². The quantitative estimate of drug-likeness (QED) is 0.666. The van der Waals surface area contributed by atoms with Gasteiger partial charge in [-0.25, -0.2) is 4.39 Å². The molecule has 0 aliphatic rings. The zero-order valence-corrected chi connectivity index (χ0v) is 12.5. The first-order chi connectivity index (χ1) is 9.81. The molecule has 0 fully saturated rings. The van der Waals surface area contributed by atoms with Crippen LogP contribution in [0.25, 0.3) is 0 Å². The first-order valence-electron chi connectivity index (χ1n) is 7.42. The van der Waals surface area contributed by atoms with Crippen LogP contribution in [0.1, 0.15) is 63.1 Å². The Kier molecular flexibility index (Phi) is 6.65. The fourth-order valence-corrected chi connectivity index (χ4v) is 2.52. The average Bonchev–Trinajstić information content (AvgIpc) is 2.42. The van der Waals surface area contributed by atoms with E-state index in [0.717, 1.165) is 31.7 Å². The number of halogens is 4. The van der Waals surface area contributed by atoms with Gasteiger partial charge in [0.2, 0.25) is 0 Å². The first-order valence-corrected chi connectivity index (χ1v) is 7.42. The number of unbranched alkanes of at least 4 members (excludes halogenated alkanes) is 1. The number of benzene rings is 1. The van der Waals surface area contributed by atoms with Crippen molar-refractivity contribution in [2.75, 3.05) is 0 Å². The maximum atomic E-state index is 14.0. The van der Waals surface area contributed by atoms with Gasteiger partial charge < -0.3 is 5.73 Å². The van der Waals surface area contributed by atoms with E-state index in [4.69, 9.17) is 5.73 Å². The lowest BCUT2D eigenvalue weighted by Crippen LogP contribution is -2.19. The van der Waals surface area contributed by atoms with Crippen LogP contribution in [0.2, 0.25) is 0 Å². The Morgan fingerprint density at radius 1 is 1.19 bits per heavy atom. The molecule has 120 valence electrons. The van der Waals surface area contributed by atoms with Gasteiger partial charge in [-0.05, 0) is 18.4 Å². The average molecular weight is 305 g/mol. The topological polar surface area (TPSA) is 26.0 Å². The number of alkyl halides is 3. The largest absolute Gasteiger partial charge is 0.419 e. The molecule has 1 rings (SSSR count). The highest BCUT2D eigenvalue weighted by molar-refractivity contribution is 5.30. The van der Waals surface area contributed by atoms with Gasteiger partial charge in [0.05, 0.1) is 5.56 Å². The second-order valence-corrected chi connectivity index (χ2v) is 5.47. The standard InChI is InChI=1S/C16H23F4N/c1-3-5-7-11(4-2)10-14(21)12-8-6-9-13(15(12)17)16(18,19)20/h6,8-9,11,14H,3-5,7,10,21H2,1-2H3. The van der Waals surface area contributed by atoms with Crippen LogP contribution >= 0.6 is 0 Å². The molecule has 1 aromatic carbocycles. The Balaban J connectivity index is 2.90. The van der Waals surface area contributed by atoms with Crippen molar-refractivity contribution < 1.29 is 17.6 Å². The number of nitrogens with two attached hydrogens (primary N) is 1. The smallest absolute Gasteiger partial charge is 0.324 e. The van der Waals surface area contributed by atoms with E-state index in [0.29, 0.717) is 12.3 Å². The van der Waals surface area contributed by atoms with Crippen LogP contribution in [-0.2, 0) is 6.18 Å². The van der Waals surface area contributed by atoms with Crippen molar-refractivity contribution in [2.45, 2.75) is 58.2 Å². The SMILES string of the molecule is CCCCC(CC)CC(N)c1cccc(C(F)(F)F)c1F. The lowest BCUT2D eigenvalue weighted by Gasteiger charge is -2.21. The van der Waals surface area contributed by atoms with Crippen molar-refractivity contribution in [2.24, 2.45) is 11.7 Å². The summed E-state index contributed by atoms with van der Waals surface area (Å²) in [7, 11) is 0. The fourth-order valence-electron chi connectivity index (χ4n) is 2.52. The second-order valence-electron chi connectivity index (χ2n) is 5.47. The Morgan fingerprint density at radius 2 is 1.86 bits per heavy atom. The van der Waals surface area contributed by atoms with E-state index in [9.17, 15) is 17.6 Å². The van der Waals surface area contributed by atoms with E-state index in [2.05, 4.69) is 6.92 Å². The van der Waals surface area contributed by atoms with Crippen molar-refractivity contribution in [1.82, 2.24) is 0 Å². The highest BCUT2D eigenvalue weighted by atomic mass is 19.4. The molecule has 2 unspecified atom stereocenters. The summed E-state index contributed by atoms with van der Waals surface area (Å²) in [6.07, 6.45) is -0.198. The summed E-state index contributed by atoms with van der Waals surface area (Å²) < 4.78 is 52.1. The third-order valence-corrected chi connectivity index (χ3v) is 3.86. The molecule has 0 saturated carbocycles. The van der Waals surface area contributed by atoms with Gasteiger partial charge in [0.25, 0.3) is 0 Å². The van der Waals surface area contributed by atoms with Crippen molar-refractivity contribution in [3.8, 4) is 0 Å². The normalized spacial score (nSPS) is 15.0. The Bertz CT molecular complexity index is 442. The van der Waals surface area contributed by atoms with E-state index in [1.807, 2.05) is 6.92 Å². The number of rotatable bonds is 7. The van der Waals surface area contributed by atoms with Crippen molar-refractivity contribution in [1.29, 1.82) is 0 Å². The molecule has 0 saturated heterocycles. The Morgan fingerprint density at radius 3 is 2.38 bits per heavy atom. The molecular weight excluding hydrogens is 282 g/mol. The molecule has 2 N–H and O–H groups in total. The maximum absolute atomic E-state index is 14.0. The maximum Gasteiger partial charge on any atom is 0.419 e. The molecule has 0 aromatic heterocycles. The fraction of sp³-hybridized carbons (Fsp3) is 0.625. The molecule has 0 amide bonds. The molecule has 2 atom stereocenters. The predicted octanol–water partition coefficient (Wildman–Crippen LogP) is 5.45. The highest BCUT2D eigenvalue weighted by Gasteiger charge is 2.35. The molecule has 1 aromatic rings. The lowest BCUT2D eigenvalue weighted by atomic mass is 9.89. The van der Waals surface area contributed by atoms with E-state index in [1.165, 1.54) is 12.1 Å². The van der Waals surface area contributed by atoms with Crippen LogP contribution in [0.3, 0.4) is 0 Å². The lowest BCUT2D eigenvalue weighted by molar-refractivity contribution is -0.140. The molecule has 21 heavy (non-hydrogen) atoms. The van der Waals surface area contributed by atoms with Gasteiger partial charge >= 0.3 is 6.18 Å². The summed E-state index contributed by atoms with van der Waals surface area (Å²) in [6.45, 7) is 4.11. The van der Waals surface area contributed by atoms with Crippen LogP contribution in [-0.4, -0.2) is 0 Å². The molecular formula is C16H23F4N. The summed E-state index contributed by atoms with van der Waals surface area (Å²) in [5.74, 6) is -0.920. The molecule has 0 bridgehead atoms. The molecule has 0 radical (unpaired) electrons. The molecule has 1 nitrogen and oxygen atoms in total. The molecule has 0 heterocycles. The predicted molar refractivity (Wildman–Crippen MR) is 76.3 cm³/mol. The summed E-state index contributed by atoms with van der Waals surface area (Å²) in [5.41, 5.74) is 4.67. The monoisotopic (exact) mass is 305 g/mol.